The fourth-order valence-corrected chi connectivity index (χ4v) is 0.639. The zero-order chi connectivity index (χ0) is 5.98. The van der Waals surface area contributed by atoms with E-state index >= 15 is 0 Å². The number of hydrogen-bond donors (Lipinski definition) is 0. The minimum absolute atomic E-state index is 0.588. The summed E-state index contributed by atoms with van der Waals surface area (Å²) in [5.74, 6) is 0. The molecule has 0 aliphatic heterocycles. The summed E-state index contributed by atoms with van der Waals surface area (Å²) < 4.78 is 12.5. The third-order valence-corrected chi connectivity index (χ3v) is 1.13. The van der Waals surface area contributed by atoms with Crippen molar-refractivity contribution in [3.8, 4) is 0 Å². The molecule has 0 aromatic carbocycles. The van der Waals surface area contributed by atoms with Crippen LogP contribution in [0, 0.1) is 6.08 Å². The van der Waals surface area contributed by atoms with Crippen molar-refractivity contribution >= 4 is 21.3 Å². The van der Waals surface area contributed by atoms with E-state index in [4.69, 9.17) is 0 Å². The minimum atomic E-state index is -0.678. The Bertz CT molecular complexity index is 174. The Morgan fingerprint density at radius 1 is 1.62 bits per heavy atom. The number of halogens is 1. The summed E-state index contributed by atoms with van der Waals surface area (Å²) in [6.45, 7) is 0. The van der Waals surface area contributed by atoms with Crippen LogP contribution >= 0.6 is 0 Å². The van der Waals surface area contributed by atoms with Gasteiger partial charge in [0.15, 0.2) is 0 Å². The average Bonchev–Trinajstić information content (AvgIpc) is 1.64. The first-order valence-corrected chi connectivity index (χ1v) is 2.90. The average molecular weight is 172 g/mol. The van der Waals surface area contributed by atoms with Crippen LogP contribution in [0.4, 0.5) is 4.39 Å². The van der Waals surface area contributed by atoms with Crippen LogP contribution in [-0.2, 0) is 0 Å². The van der Waals surface area contributed by atoms with Gasteiger partial charge < -0.3 is 0 Å². The maximum atomic E-state index is 11.9. The van der Waals surface area contributed by atoms with Gasteiger partial charge in [0.2, 0.25) is 0 Å². The van der Waals surface area contributed by atoms with Crippen molar-refractivity contribution in [2.75, 3.05) is 0 Å². The van der Waals surface area contributed by atoms with Crippen molar-refractivity contribution in [3.05, 3.63) is 18.3 Å². The molecule has 1 aromatic rings. The van der Waals surface area contributed by atoms with Gasteiger partial charge in [-0.1, -0.05) is 0 Å². The number of aromatic nitrogens is 2. The van der Waals surface area contributed by atoms with Gasteiger partial charge in [0.05, 0.1) is 0 Å². The normalized spacial score (nSPS) is 9.25. The molecule has 0 unspecified atom stereocenters. The Kier molecular flexibility index (Phi) is 1.59. The van der Waals surface area contributed by atoms with Gasteiger partial charge in [-0.3, -0.25) is 0 Å². The number of rotatable bonds is 0. The van der Waals surface area contributed by atoms with Crippen LogP contribution in [0.1, 0.15) is 0 Å². The first kappa shape index (κ1) is 5.70. The van der Waals surface area contributed by atoms with E-state index in [9.17, 15) is 4.39 Å². The molecule has 2 radical (unpaired) electrons. The summed E-state index contributed by atoms with van der Waals surface area (Å²) in [6, 6.07) is 1.61. The van der Waals surface area contributed by atoms with Crippen molar-refractivity contribution in [1.29, 1.82) is 0 Å². The van der Waals surface area contributed by atoms with Crippen LogP contribution in [0.2, 0.25) is 0 Å². The van der Waals surface area contributed by atoms with Gasteiger partial charge in [-0.05, 0) is 0 Å². The van der Waals surface area contributed by atoms with E-state index in [0.717, 1.165) is 0 Å². The molecule has 2 nitrogen and oxygen atoms in total. The van der Waals surface area contributed by atoms with Gasteiger partial charge in [-0.2, -0.15) is 0 Å². The van der Waals surface area contributed by atoms with Crippen molar-refractivity contribution < 1.29 is 4.39 Å². The molecule has 4 heteroatoms. The molecule has 1 heterocycles. The summed E-state index contributed by atoms with van der Waals surface area (Å²) in [6.07, 6.45) is 0.693. The van der Waals surface area contributed by atoms with E-state index in [0.29, 0.717) is 4.48 Å². The molecule has 0 aliphatic rings. The molecule has 0 saturated carbocycles. The van der Waals surface area contributed by atoms with Crippen molar-refractivity contribution in [1.82, 2.24) is 9.97 Å². The fourth-order valence-electron chi connectivity index (χ4n) is 0.326. The van der Waals surface area contributed by atoms with Gasteiger partial charge in [0.1, 0.15) is 0 Å². The van der Waals surface area contributed by atoms with Crippen LogP contribution < -0.4 is 4.48 Å². The van der Waals surface area contributed by atoms with Gasteiger partial charge in [-0.15, -0.1) is 0 Å². The van der Waals surface area contributed by atoms with Crippen LogP contribution in [0.25, 0.3) is 0 Å². The van der Waals surface area contributed by atoms with E-state index in [-0.39, 0.29) is 0 Å². The zero-order valence-corrected chi connectivity index (χ0v) is 5.75. The van der Waals surface area contributed by atoms with Crippen LogP contribution in [-0.4, -0.2) is 26.8 Å². The molecule has 0 amide bonds. The van der Waals surface area contributed by atoms with E-state index < -0.39 is 6.08 Å². The molecule has 0 N–H and O–H groups in total. The molecule has 1 aromatic heterocycles. The van der Waals surface area contributed by atoms with E-state index in [1.165, 1.54) is 6.20 Å². The second-order valence-electron chi connectivity index (χ2n) is 1.18. The molecule has 0 fully saturated rings. The summed E-state index contributed by atoms with van der Waals surface area (Å²) >= 11 is 2.13. The van der Waals surface area contributed by atoms with Crippen molar-refractivity contribution in [3.63, 3.8) is 0 Å². The van der Waals surface area contributed by atoms with Crippen LogP contribution in [0.5, 0.6) is 0 Å². The van der Waals surface area contributed by atoms with Crippen molar-refractivity contribution in [2.24, 2.45) is 0 Å². The Balaban J connectivity index is 3.08. The SMILES string of the molecule is Fc1nccc([As])n1. The molecule has 8 heavy (non-hydrogen) atoms. The second-order valence-corrected chi connectivity index (χ2v) is 2.15. The van der Waals surface area contributed by atoms with E-state index in [1.54, 1.807) is 6.07 Å². The quantitative estimate of drug-likeness (QED) is 0.386. The van der Waals surface area contributed by atoms with Gasteiger partial charge in [-0.25, -0.2) is 0 Å². The molecular formula is C4H2AsFN2. The first-order valence-electron chi connectivity index (χ1n) is 1.96. The van der Waals surface area contributed by atoms with Crippen LogP contribution in [0.3, 0.4) is 0 Å². The summed E-state index contributed by atoms with van der Waals surface area (Å²) in [4.78, 5) is 6.62. The topological polar surface area (TPSA) is 25.8 Å². The van der Waals surface area contributed by atoms with E-state index in [2.05, 4.69) is 26.8 Å². The summed E-state index contributed by atoms with van der Waals surface area (Å²) in [5, 5.41) is 0. The molecule has 0 spiro atoms. The van der Waals surface area contributed by atoms with Gasteiger partial charge >= 0.3 is 54.0 Å². The monoisotopic (exact) mass is 172 g/mol. The Morgan fingerprint density at radius 2 is 2.38 bits per heavy atom. The third-order valence-electron chi connectivity index (χ3n) is 0.611. The molecule has 1 rings (SSSR count). The predicted molar refractivity (Wildman–Crippen MR) is 27.4 cm³/mol. The molecule has 0 saturated heterocycles. The number of nitrogens with zero attached hydrogens (tertiary/aromatic N) is 2. The Labute approximate surface area is 54.7 Å². The molecule has 0 bridgehead atoms. The van der Waals surface area contributed by atoms with Gasteiger partial charge in [0.25, 0.3) is 0 Å². The predicted octanol–water partition coefficient (Wildman–Crippen LogP) is -0.591. The van der Waals surface area contributed by atoms with Crippen LogP contribution in [0.15, 0.2) is 12.3 Å². The fraction of sp³-hybridized carbons (Fsp3) is 0. The Hall–Kier alpha value is -0.432. The maximum absolute atomic E-state index is 11.9. The standard InChI is InChI=1S/C4H2AsFN2/c5-3-1-2-7-4(6)8-3/h1-2H. The molecule has 0 aliphatic carbocycles. The zero-order valence-electron chi connectivity index (χ0n) is 3.87. The van der Waals surface area contributed by atoms with Gasteiger partial charge in [0, 0.05) is 0 Å². The number of hydrogen-bond acceptors (Lipinski definition) is 2. The third kappa shape index (κ3) is 1.27. The Morgan fingerprint density at radius 3 is 2.75 bits per heavy atom. The summed E-state index contributed by atoms with van der Waals surface area (Å²) in [5.41, 5.74) is 0. The van der Waals surface area contributed by atoms with E-state index in [1.807, 2.05) is 0 Å². The molecule has 40 valence electrons. The van der Waals surface area contributed by atoms with Crippen molar-refractivity contribution in [2.45, 2.75) is 0 Å². The first-order chi connectivity index (χ1) is 3.79. The summed E-state index contributed by atoms with van der Waals surface area (Å²) in [7, 11) is 0. The molecule has 0 atom stereocenters. The molecular weight excluding hydrogens is 170 g/mol. The second kappa shape index (κ2) is 2.22.